The van der Waals surface area contributed by atoms with Gasteiger partial charge in [-0.05, 0) is 44.4 Å². The van der Waals surface area contributed by atoms with Crippen molar-refractivity contribution >= 4 is 34.6 Å². The number of fused-ring (bicyclic) bond motifs is 1. The first-order valence-electron chi connectivity index (χ1n) is 13.4. The third kappa shape index (κ3) is 8.86. The van der Waals surface area contributed by atoms with Gasteiger partial charge in [-0.1, -0.05) is 18.2 Å². The maximum Gasteiger partial charge on any atom is 0.326 e. The van der Waals surface area contributed by atoms with E-state index >= 15 is 0 Å². The fourth-order valence-corrected chi connectivity index (χ4v) is 4.34. The first-order chi connectivity index (χ1) is 19.6. The first-order valence-corrected chi connectivity index (χ1v) is 13.4. The van der Waals surface area contributed by atoms with Crippen molar-refractivity contribution in [1.82, 2.24) is 30.9 Å². The molecule has 5 atom stereocenters. The Balaban J connectivity index is 1.77. The lowest BCUT2D eigenvalue weighted by Gasteiger charge is -2.25. The number of amides is 3. The van der Waals surface area contributed by atoms with E-state index < -0.39 is 54.0 Å². The monoisotopic (exact) mass is 570 g/mol. The Morgan fingerprint density at radius 1 is 0.951 bits per heavy atom. The highest BCUT2D eigenvalue weighted by Crippen LogP contribution is 2.19. The van der Waals surface area contributed by atoms with E-state index in [0.717, 1.165) is 10.9 Å². The van der Waals surface area contributed by atoms with Crippen LogP contribution in [0.3, 0.4) is 0 Å². The van der Waals surface area contributed by atoms with Gasteiger partial charge >= 0.3 is 5.97 Å². The minimum absolute atomic E-state index is 0.000440. The minimum Gasteiger partial charge on any atom is -0.480 e. The average Bonchev–Trinajstić information content (AvgIpc) is 3.61. The number of aromatic amines is 2. The van der Waals surface area contributed by atoms with E-state index in [1.54, 1.807) is 6.20 Å². The number of aliphatic hydroxyl groups excluding tert-OH is 1. The zero-order chi connectivity index (χ0) is 29.9. The molecule has 0 aliphatic carbocycles. The van der Waals surface area contributed by atoms with Crippen LogP contribution in [0.2, 0.25) is 0 Å². The Labute approximate surface area is 236 Å². The van der Waals surface area contributed by atoms with Crippen molar-refractivity contribution in [1.29, 1.82) is 0 Å². The van der Waals surface area contributed by atoms with Gasteiger partial charge in [-0.2, -0.15) is 0 Å². The molecular formula is C27H38N8O6. The van der Waals surface area contributed by atoms with Gasteiger partial charge < -0.3 is 47.6 Å². The first kappa shape index (κ1) is 31.3. The van der Waals surface area contributed by atoms with Crippen molar-refractivity contribution in [3.8, 4) is 0 Å². The number of imidazole rings is 1. The van der Waals surface area contributed by atoms with Crippen LogP contribution < -0.4 is 27.4 Å². The van der Waals surface area contributed by atoms with E-state index in [-0.39, 0.29) is 19.3 Å². The Kier molecular flexibility index (Phi) is 11.4. The van der Waals surface area contributed by atoms with E-state index in [2.05, 4.69) is 30.9 Å². The molecule has 0 aliphatic heterocycles. The third-order valence-corrected chi connectivity index (χ3v) is 6.73. The number of carbonyl (C=O) groups excluding carboxylic acids is 3. The van der Waals surface area contributed by atoms with Gasteiger partial charge in [0.05, 0.1) is 12.4 Å². The van der Waals surface area contributed by atoms with Crippen LogP contribution >= 0.6 is 0 Å². The van der Waals surface area contributed by atoms with Crippen LogP contribution in [0.15, 0.2) is 43.0 Å². The van der Waals surface area contributed by atoms with Crippen molar-refractivity contribution in [2.45, 2.75) is 69.3 Å². The molecule has 0 spiro atoms. The molecule has 14 nitrogen and oxygen atoms in total. The van der Waals surface area contributed by atoms with Crippen LogP contribution in [0.25, 0.3) is 10.9 Å². The number of H-pyrrole nitrogens is 2. The number of carboxylic acid groups (broad SMARTS) is 1. The maximum atomic E-state index is 13.4. The van der Waals surface area contributed by atoms with E-state index in [1.807, 2.05) is 24.3 Å². The molecule has 0 fully saturated rings. The van der Waals surface area contributed by atoms with Crippen LogP contribution in [0.1, 0.15) is 37.4 Å². The van der Waals surface area contributed by atoms with E-state index in [0.29, 0.717) is 30.6 Å². The fourth-order valence-electron chi connectivity index (χ4n) is 4.34. The number of nitrogens with zero attached hydrogens (tertiary/aromatic N) is 1. The Hall–Kier alpha value is -4.27. The molecule has 0 radical (unpaired) electrons. The summed E-state index contributed by atoms with van der Waals surface area (Å²) in [6.07, 6.45) is 4.70. The molecule has 5 unspecified atom stereocenters. The van der Waals surface area contributed by atoms with Gasteiger partial charge in [-0.25, -0.2) is 9.78 Å². The molecule has 0 aliphatic rings. The summed E-state index contributed by atoms with van der Waals surface area (Å²) < 4.78 is 0. The number of benzene rings is 1. The maximum absolute atomic E-state index is 13.4. The largest absolute Gasteiger partial charge is 0.480 e. The van der Waals surface area contributed by atoms with Crippen molar-refractivity contribution in [3.63, 3.8) is 0 Å². The Morgan fingerprint density at radius 2 is 1.63 bits per heavy atom. The average molecular weight is 571 g/mol. The topological polar surface area (TPSA) is 241 Å². The molecule has 3 amide bonds. The number of nitrogens with one attached hydrogen (secondary N) is 5. The van der Waals surface area contributed by atoms with Crippen LogP contribution in [0.5, 0.6) is 0 Å². The second kappa shape index (κ2) is 14.9. The highest BCUT2D eigenvalue weighted by atomic mass is 16.4. The lowest BCUT2D eigenvalue weighted by atomic mass is 10.0. The summed E-state index contributed by atoms with van der Waals surface area (Å²) in [4.78, 5) is 61.3. The number of aromatic nitrogens is 3. The van der Waals surface area contributed by atoms with Crippen LogP contribution in [0.4, 0.5) is 0 Å². The number of unbranched alkanes of at least 4 members (excludes halogenated alkanes) is 1. The number of carboxylic acids is 1. The molecule has 41 heavy (non-hydrogen) atoms. The summed E-state index contributed by atoms with van der Waals surface area (Å²) in [5, 5.41) is 28.2. The number of hydrogen-bond acceptors (Lipinski definition) is 8. The number of aliphatic hydroxyl groups is 1. The van der Waals surface area contributed by atoms with E-state index in [1.165, 1.54) is 19.4 Å². The summed E-state index contributed by atoms with van der Waals surface area (Å²) in [7, 11) is 0. The molecular weight excluding hydrogens is 532 g/mol. The predicted molar refractivity (Wildman–Crippen MR) is 150 cm³/mol. The van der Waals surface area contributed by atoms with Crippen LogP contribution in [0, 0.1) is 0 Å². The van der Waals surface area contributed by atoms with Crippen molar-refractivity contribution < 1.29 is 29.4 Å². The Morgan fingerprint density at radius 3 is 2.29 bits per heavy atom. The summed E-state index contributed by atoms with van der Waals surface area (Å²) in [6, 6.07) is 2.59. The summed E-state index contributed by atoms with van der Waals surface area (Å²) in [5.41, 5.74) is 13.4. The van der Waals surface area contributed by atoms with Gasteiger partial charge in [0.1, 0.15) is 24.2 Å². The summed E-state index contributed by atoms with van der Waals surface area (Å²) in [5.74, 6) is -3.36. The number of nitrogens with two attached hydrogens (primary N) is 2. The van der Waals surface area contributed by atoms with Gasteiger partial charge in [0.25, 0.3) is 0 Å². The molecule has 0 saturated heterocycles. The molecule has 0 bridgehead atoms. The minimum atomic E-state index is -1.28. The molecule has 222 valence electrons. The lowest BCUT2D eigenvalue weighted by molar-refractivity contribution is -0.142. The zero-order valence-electron chi connectivity index (χ0n) is 22.8. The second-order valence-corrected chi connectivity index (χ2v) is 9.92. The molecule has 2 heterocycles. The normalized spacial score (nSPS) is 14.9. The second-order valence-electron chi connectivity index (χ2n) is 9.92. The SMILES string of the molecule is CC(O)C(N)C(=O)NC(Cc1cnc[nH]1)C(=O)NC(CCCCN)C(=O)NC(Cc1c[nH]c2ccccc12)C(=O)O. The van der Waals surface area contributed by atoms with Crippen LogP contribution in [-0.2, 0) is 32.0 Å². The molecule has 2 aromatic heterocycles. The van der Waals surface area contributed by atoms with Gasteiger partial charge in [-0.15, -0.1) is 0 Å². The van der Waals surface area contributed by atoms with Crippen LogP contribution in [-0.4, -0.2) is 85.7 Å². The van der Waals surface area contributed by atoms with Crippen molar-refractivity contribution in [3.05, 3.63) is 54.2 Å². The summed E-state index contributed by atoms with van der Waals surface area (Å²) >= 11 is 0. The predicted octanol–water partition coefficient (Wildman–Crippen LogP) is -0.948. The fraction of sp³-hybridized carbons (Fsp3) is 0.444. The molecule has 1 aromatic carbocycles. The molecule has 11 N–H and O–H groups in total. The smallest absolute Gasteiger partial charge is 0.326 e. The number of para-hydroxylation sites is 1. The van der Waals surface area contributed by atoms with Crippen molar-refractivity contribution in [2.24, 2.45) is 11.5 Å². The number of carbonyl (C=O) groups is 4. The molecule has 3 aromatic rings. The molecule has 0 saturated carbocycles. The standard InChI is InChI=1S/C27H38N8O6/c1-15(36)23(29)26(39)34-21(11-17-13-30-14-32-17)25(38)33-20(8-4-5-9-28)24(37)35-22(27(40)41)10-16-12-31-19-7-3-2-6-18(16)19/h2-3,6-7,12-15,20-23,31,36H,4-5,8-11,28-29H2,1H3,(H,30,32)(H,33,38)(H,34,39)(H,35,37)(H,40,41). The van der Waals surface area contributed by atoms with E-state index in [4.69, 9.17) is 11.5 Å². The van der Waals surface area contributed by atoms with Crippen molar-refractivity contribution in [2.75, 3.05) is 6.54 Å². The summed E-state index contributed by atoms with van der Waals surface area (Å²) in [6.45, 7) is 1.72. The van der Waals surface area contributed by atoms with Gasteiger partial charge in [0.15, 0.2) is 0 Å². The Bertz CT molecular complexity index is 1310. The number of hydrogen-bond donors (Lipinski definition) is 9. The van der Waals surface area contributed by atoms with Gasteiger partial charge in [0, 0.05) is 41.8 Å². The highest BCUT2D eigenvalue weighted by Gasteiger charge is 2.31. The van der Waals surface area contributed by atoms with Gasteiger partial charge in [0.2, 0.25) is 17.7 Å². The lowest BCUT2D eigenvalue weighted by Crippen LogP contribution is -2.58. The quantitative estimate of drug-likeness (QED) is 0.0963. The zero-order valence-corrected chi connectivity index (χ0v) is 22.8. The van der Waals surface area contributed by atoms with Gasteiger partial charge in [-0.3, -0.25) is 14.4 Å². The molecule has 14 heteroatoms. The van der Waals surface area contributed by atoms with E-state index in [9.17, 15) is 29.4 Å². The third-order valence-electron chi connectivity index (χ3n) is 6.73. The number of aliphatic carboxylic acids is 1. The molecule has 3 rings (SSSR count). The highest BCUT2D eigenvalue weighted by molar-refractivity contribution is 5.94. The number of rotatable bonds is 16.